The normalized spacial score (nSPS) is 10.7. The van der Waals surface area contributed by atoms with Gasteiger partial charge < -0.3 is 20.5 Å². The van der Waals surface area contributed by atoms with Crippen molar-refractivity contribution < 1.29 is 24.3 Å². The topological polar surface area (TPSA) is 179 Å². The Hall–Kier alpha value is -4.00. The smallest absolute Gasteiger partial charge is 0.323 e. The number of benzene rings is 2. The minimum Gasteiger partial charge on any atom is -0.495 e. The minimum absolute atomic E-state index is 0.0676. The Morgan fingerprint density at radius 1 is 1.10 bits per heavy atom. The Balaban J connectivity index is 2.11. The number of fused-ring (bicyclic) bond motifs is 1. The van der Waals surface area contributed by atoms with Gasteiger partial charge in [-0.3, -0.25) is 20.2 Å². The van der Waals surface area contributed by atoms with Crippen molar-refractivity contribution in [2.75, 3.05) is 30.9 Å². The number of aliphatic hydroxyl groups excluding tert-OH is 1. The third-order valence-electron chi connectivity index (χ3n) is 4.01. The van der Waals surface area contributed by atoms with Gasteiger partial charge in [0, 0.05) is 25.3 Å². The van der Waals surface area contributed by atoms with Crippen molar-refractivity contribution in [3.63, 3.8) is 0 Å². The highest BCUT2D eigenvalue weighted by Crippen LogP contribution is 2.39. The standard InChI is InChI=1S/C16H16N6O7/c1-28-13-4-3-9(21(24)25)7-10(13)18-11-8-12(17-5-2-6-23)16(22(26)27)15-14(11)19-29-20-15/h3-4,7-8,17-18,23H,2,5-6H2,1H3. The molecule has 2 aromatic carbocycles. The van der Waals surface area contributed by atoms with Crippen LogP contribution in [0.2, 0.25) is 0 Å². The van der Waals surface area contributed by atoms with Crippen LogP contribution in [0.3, 0.4) is 0 Å². The first-order chi connectivity index (χ1) is 14.0. The summed E-state index contributed by atoms with van der Waals surface area (Å²) in [5, 5.41) is 44.7. The van der Waals surface area contributed by atoms with Crippen molar-refractivity contribution in [3.05, 3.63) is 44.5 Å². The molecule has 0 aliphatic heterocycles. The van der Waals surface area contributed by atoms with Crippen LogP contribution in [0.1, 0.15) is 6.42 Å². The zero-order chi connectivity index (χ0) is 21.0. The Morgan fingerprint density at radius 3 is 2.52 bits per heavy atom. The molecule has 13 heteroatoms. The van der Waals surface area contributed by atoms with Crippen LogP contribution < -0.4 is 15.4 Å². The van der Waals surface area contributed by atoms with E-state index < -0.39 is 9.85 Å². The van der Waals surface area contributed by atoms with E-state index in [2.05, 4.69) is 25.6 Å². The molecule has 0 aliphatic rings. The summed E-state index contributed by atoms with van der Waals surface area (Å²) >= 11 is 0. The van der Waals surface area contributed by atoms with Crippen LogP contribution in [0.25, 0.3) is 11.0 Å². The molecule has 3 aromatic rings. The number of rotatable bonds is 9. The summed E-state index contributed by atoms with van der Waals surface area (Å²) in [6, 6.07) is 5.39. The van der Waals surface area contributed by atoms with Crippen molar-refractivity contribution in [2.45, 2.75) is 6.42 Å². The lowest BCUT2D eigenvalue weighted by molar-refractivity contribution is -0.384. The summed E-state index contributed by atoms with van der Waals surface area (Å²) in [6.07, 6.45) is 0.369. The van der Waals surface area contributed by atoms with Gasteiger partial charge in [-0.25, -0.2) is 4.63 Å². The van der Waals surface area contributed by atoms with E-state index in [9.17, 15) is 20.2 Å². The maximum Gasteiger partial charge on any atom is 0.323 e. The molecule has 0 spiro atoms. The molecular formula is C16H16N6O7. The van der Waals surface area contributed by atoms with Gasteiger partial charge in [-0.15, -0.1) is 0 Å². The second-order valence-corrected chi connectivity index (χ2v) is 5.81. The van der Waals surface area contributed by atoms with Crippen LogP contribution >= 0.6 is 0 Å². The summed E-state index contributed by atoms with van der Waals surface area (Å²) in [4.78, 5) is 21.5. The molecule has 3 N–H and O–H groups in total. The number of aliphatic hydroxyl groups is 1. The Labute approximate surface area is 162 Å². The number of ether oxygens (including phenoxy) is 1. The fourth-order valence-corrected chi connectivity index (χ4v) is 2.70. The van der Waals surface area contributed by atoms with Gasteiger partial charge in [0.15, 0.2) is 5.52 Å². The predicted molar refractivity (Wildman–Crippen MR) is 102 cm³/mol. The highest BCUT2D eigenvalue weighted by atomic mass is 16.6. The largest absolute Gasteiger partial charge is 0.495 e. The van der Waals surface area contributed by atoms with E-state index in [1.165, 1.54) is 31.4 Å². The molecule has 0 bridgehead atoms. The number of aromatic nitrogens is 2. The van der Waals surface area contributed by atoms with Gasteiger partial charge in [0.2, 0.25) is 5.52 Å². The summed E-state index contributed by atoms with van der Waals surface area (Å²) < 4.78 is 9.90. The minimum atomic E-state index is -0.620. The predicted octanol–water partition coefficient (Wildman–Crippen LogP) is 2.59. The molecule has 13 nitrogen and oxygen atoms in total. The monoisotopic (exact) mass is 404 g/mol. The molecule has 1 heterocycles. The van der Waals surface area contributed by atoms with E-state index in [4.69, 9.17) is 9.84 Å². The first-order valence-electron chi connectivity index (χ1n) is 8.34. The number of methoxy groups -OCH3 is 1. The second-order valence-electron chi connectivity index (χ2n) is 5.81. The maximum atomic E-state index is 11.5. The summed E-state index contributed by atoms with van der Waals surface area (Å²) in [5.41, 5.74) is 0.0903. The first kappa shape index (κ1) is 19.8. The Kier molecular flexibility index (Phi) is 5.69. The number of non-ortho nitro benzene ring substituents is 1. The molecule has 29 heavy (non-hydrogen) atoms. The molecule has 3 rings (SSSR count). The lowest BCUT2D eigenvalue weighted by atomic mass is 10.1. The average Bonchev–Trinajstić information content (AvgIpc) is 3.17. The van der Waals surface area contributed by atoms with Crippen molar-refractivity contribution in [1.82, 2.24) is 10.3 Å². The van der Waals surface area contributed by atoms with Gasteiger partial charge >= 0.3 is 5.69 Å². The van der Waals surface area contributed by atoms with Crippen LogP contribution in [0.5, 0.6) is 5.75 Å². The van der Waals surface area contributed by atoms with Gasteiger partial charge in [-0.2, -0.15) is 0 Å². The fraction of sp³-hybridized carbons (Fsp3) is 0.250. The second kappa shape index (κ2) is 8.35. The van der Waals surface area contributed by atoms with Crippen molar-refractivity contribution in [3.8, 4) is 5.75 Å². The zero-order valence-electron chi connectivity index (χ0n) is 15.1. The third-order valence-corrected chi connectivity index (χ3v) is 4.01. The van der Waals surface area contributed by atoms with Crippen LogP contribution in [-0.2, 0) is 0 Å². The molecule has 0 saturated carbocycles. The molecule has 0 amide bonds. The quantitative estimate of drug-likeness (QED) is 0.271. The number of hydrogen-bond donors (Lipinski definition) is 3. The summed E-state index contributed by atoms with van der Waals surface area (Å²) in [7, 11) is 1.40. The highest BCUT2D eigenvalue weighted by molar-refractivity contribution is 6.00. The number of anilines is 3. The van der Waals surface area contributed by atoms with E-state index in [-0.39, 0.29) is 52.6 Å². The number of nitrogens with one attached hydrogen (secondary N) is 2. The number of nitro groups is 2. The molecule has 0 atom stereocenters. The number of nitrogens with zero attached hydrogens (tertiary/aromatic N) is 4. The van der Waals surface area contributed by atoms with Crippen molar-refractivity contribution in [1.29, 1.82) is 0 Å². The van der Waals surface area contributed by atoms with Crippen molar-refractivity contribution in [2.24, 2.45) is 0 Å². The Morgan fingerprint density at radius 2 is 1.86 bits per heavy atom. The van der Waals surface area contributed by atoms with E-state index >= 15 is 0 Å². The molecule has 0 saturated heterocycles. The third kappa shape index (κ3) is 3.98. The molecule has 1 aromatic heterocycles. The zero-order valence-corrected chi connectivity index (χ0v) is 15.1. The van der Waals surface area contributed by atoms with Gasteiger partial charge in [0.05, 0.1) is 28.3 Å². The molecule has 0 fully saturated rings. The van der Waals surface area contributed by atoms with E-state index in [1.807, 2.05) is 0 Å². The van der Waals surface area contributed by atoms with Gasteiger partial charge in [0.1, 0.15) is 11.4 Å². The molecule has 0 aliphatic carbocycles. The molecular weight excluding hydrogens is 388 g/mol. The van der Waals surface area contributed by atoms with Crippen LogP contribution in [0.15, 0.2) is 28.9 Å². The molecule has 152 valence electrons. The van der Waals surface area contributed by atoms with E-state index in [1.54, 1.807) is 0 Å². The van der Waals surface area contributed by atoms with Gasteiger partial charge in [-0.05, 0) is 28.9 Å². The van der Waals surface area contributed by atoms with Crippen LogP contribution in [-0.4, -0.2) is 45.5 Å². The molecule has 0 unspecified atom stereocenters. The van der Waals surface area contributed by atoms with Gasteiger partial charge in [-0.1, -0.05) is 0 Å². The molecule has 0 radical (unpaired) electrons. The van der Waals surface area contributed by atoms with Crippen LogP contribution in [0.4, 0.5) is 28.4 Å². The lowest BCUT2D eigenvalue weighted by Crippen LogP contribution is -2.07. The highest BCUT2D eigenvalue weighted by Gasteiger charge is 2.26. The lowest BCUT2D eigenvalue weighted by Gasteiger charge is -2.13. The number of nitro benzene ring substituents is 2. The first-order valence-corrected chi connectivity index (χ1v) is 8.34. The van der Waals surface area contributed by atoms with Crippen LogP contribution in [0, 0.1) is 20.2 Å². The van der Waals surface area contributed by atoms with Gasteiger partial charge in [0.25, 0.3) is 5.69 Å². The summed E-state index contributed by atoms with van der Waals surface area (Å²) in [5.74, 6) is 0.313. The fourth-order valence-electron chi connectivity index (χ4n) is 2.70. The average molecular weight is 404 g/mol. The SMILES string of the molecule is COc1ccc([N+](=O)[O-])cc1Nc1cc(NCCCO)c([N+](=O)[O-])c2nonc12. The maximum absolute atomic E-state index is 11.5. The Bertz CT molecular complexity index is 1070. The number of hydrogen-bond acceptors (Lipinski definition) is 11. The van der Waals surface area contributed by atoms with E-state index in [0.29, 0.717) is 12.2 Å². The summed E-state index contributed by atoms with van der Waals surface area (Å²) in [6.45, 7) is 0.179. The van der Waals surface area contributed by atoms with Crippen molar-refractivity contribution >= 4 is 39.5 Å². The van der Waals surface area contributed by atoms with E-state index in [0.717, 1.165) is 0 Å².